The zero-order valence-corrected chi connectivity index (χ0v) is 16.6. The van der Waals surface area contributed by atoms with E-state index in [4.69, 9.17) is 4.74 Å². The summed E-state index contributed by atoms with van der Waals surface area (Å²) in [6.07, 6.45) is 0. The standard InChI is InChI=1S/C17H25N3O6S/c1-11(2)12(3)19-16(22)10-26-17(23)9-18-27(24,25)15-7-5-14(6-8-15)20-13(4)21/h5-8,11-12,18H,9-10H2,1-4H3,(H,19,22)(H,20,21)/t12-/m1/s1. The van der Waals surface area contributed by atoms with Crippen molar-refractivity contribution in [3.05, 3.63) is 24.3 Å². The smallest absolute Gasteiger partial charge is 0.321 e. The average molecular weight is 399 g/mol. The molecule has 0 heterocycles. The van der Waals surface area contributed by atoms with Gasteiger partial charge in [0.25, 0.3) is 5.91 Å². The Bertz CT molecular complexity index is 774. The minimum Gasteiger partial charge on any atom is -0.455 e. The van der Waals surface area contributed by atoms with Crippen molar-refractivity contribution in [2.24, 2.45) is 5.92 Å². The quantitative estimate of drug-likeness (QED) is 0.522. The number of anilines is 1. The molecule has 1 aromatic rings. The number of ether oxygens (including phenoxy) is 1. The number of hydrogen-bond donors (Lipinski definition) is 3. The van der Waals surface area contributed by atoms with Crippen LogP contribution in [0.15, 0.2) is 29.2 Å². The van der Waals surface area contributed by atoms with Crippen LogP contribution in [-0.4, -0.2) is 45.4 Å². The molecule has 0 saturated heterocycles. The van der Waals surface area contributed by atoms with E-state index < -0.39 is 35.1 Å². The van der Waals surface area contributed by atoms with E-state index >= 15 is 0 Å². The first-order valence-corrected chi connectivity index (χ1v) is 9.82. The van der Waals surface area contributed by atoms with Crippen molar-refractivity contribution in [2.45, 2.75) is 38.6 Å². The minimum atomic E-state index is -3.93. The molecule has 1 aromatic carbocycles. The fourth-order valence-electron chi connectivity index (χ4n) is 1.82. The number of sulfonamides is 1. The topological polar surface area (TPSA) is 131 Å². The molecule has 10 heteroatoms. The molecule has 0 unspecified atom stereocenters. The van der Waals surface area contributed by atoms with E-state index in [1.807, 2.05) is 20.8 Å². The number of carbonyl (C=O) groups is 3. The summed E-state index contributed by atoms with van der Waals surface area (Å²) in [5.74, 6) is -1.38. The Morgan fingerprint density at radius 1 is 1.07 bits per heavy atom. The van der Waals surface area contributed by atoms with Gasteiger partial charge in [-0.1, -0.05) is 13.8 Å². The number of benzene rings is 1. The molecule has 0 spiro atoms. The summed E-state index contributed by atoms with van der Waals surface area (Å²) < 4.78 is 31.1. The Morgan fingerprint density at radius 3 is 2.19 bits per heavy atom. The largest absolute Gasteiger partial charge is 0.455 e. The summed E-state index contributed by atoms with van der Waals surface area (Å²) in [6.45, 7) is 5.95. The predicted octanol–water partition coefficient (Wildman–Crippen LogP) is 0.627. The maximum absolute atomic E-state index is 12.1. The molecule has 9 nitrogen and oxygen atoms in total. The van der Waals surface area contributed by atoms with E-state index in [-0.39, 0.29) is 22.8 Å². The highest BCUT2D eigenvalue weighted by atomic mass is 32.2. The van der Waals surface area contributed by atoms with Crippen molar-refractivity contribution in [1.29, 1.82) is 0 Å². The van der Waals surface area contributed by atoms with Gasteiger partial charge in [0.05, 0.1) is 4.90 Å². The molecule has 0 aliphatic carbocycles. The summed E-state index contributed by atoms with van der Waals surface area (Å²) in [7, 11) is -3.93. The molecule has 3 N–H and O–H groups in total. The fraction of sp³-hybridized carbons (Fsp3) is 0.471. The normalized spacial score (nSPS) is 12.3. The Hall–Kier alpha value is -2.46. The fourth-order valence-corrected chi connectivity index (χ4v) is 2.79. The summed E-state index contributed by atoms with van der Waals surface area (Å²) in [4.78, 5) is 34.2. The molecular weight excluding hydrogens is 374 g/mol. The lowest BCUT2D eigenvalue weighted by Crippen LogP contribution is -2.39. The lowest BCUT2D eigenvalue weighted by atomic mass is 10.1. The van der Waals surface area contributed by atoms with Crippen LogP contribution in [-0.2, 0) is 29.1 Å². The SMILES string of the molecule is CC(=O)Nc1ccc(S(=O)(=O)NCC(=O)OCC(=O)N[C@H](C)C(C)C)cc1. The monoisotopic (exact) mass is 399 g/mol. The highest BCUT2D eigenvalue weighted by molar-refractivity contribution is 7.89. The van der Waals surface area contributed by atoms with Gasteiger partial charge in [-0.25, -0.2) is 8.42 Å². The first kappa shape index (κ1) is 22.6. The number of hydrogen-bond acceptors (Lipinski definition) is 6. The van der Waals surface area contributed by atoms with E-state index in [1.165, 1.54) is 31.2 Å². The summed E-state index contributed by atoms with van der Waals surface area (Å²) in [6, 6.07) is 5.36. The lowest BCUT2D eigenvalue weighted by molar-refractivity contribution is -0.147. The molecule has 27 heavy (non-hydrogen) atoms. The second-order valence-electron chi connectivity index (χ2n) is 6.29. The van der Waals surface area contributed by atoms with E-state index in [0.717, 1.165) is 0 Å². The van der Waals surface area contributed by atoms with Crippen molar-refractivity contribution in [3.63, 3.8) is 0 Å². The second kappa shape index (κ2) is 10.0. The summed E-state index contributed by atoms with van der Waals surface area (Å²) >= 11 is 0. The third-order valence-electron chi connectivity index (χ3n) is 3.64. The van der Waals surface area contributed by atoms with Gasteiger partial charge in [0, 0.05) is 18.7 Å². The van der Waals surface area contributed by atoms with Crippen molar-refractivity contribution in [3.8, 4) is 0 Å². The predicted molar refractivity (Wildman–Crippen MR) is 99.3 cm³/mol. The first-order valence-electron chi connectivity index (χ1n) is 8.33. The maximum atomic E-state index is 12.1. The van der Waals surface area contributed by atoms with Gasteiger partial charge >= 0.3 is 5.97 Å². The highest BCUT2D eigenvalue weighted by Crippen LogP contribution is 2.13. The average Bonchev–Trinajstić information content (AvgIpc) is 2.58. The van der Waals surface area contributed by atoms with Gasteiger partial charge in [-0.3, -0.25) is 14.4 Å². The van der Waals surface area contributed by atoms with E-state index in [2.05, 4.69) is 15.4 Å². The Labute approximate surface area is 158 Å². The van der Waals surface area contributed by atoms with Crippen molar-refractivity contribution < 1.29 is 27.5 Å². The van der Waals surface area contributed by atoms with Gasteiger partial charge in [0.15, 0.2) is 6.61 Å². The van der Waals surface area contributed by atoms with Crippen LogP contribution in [0.4, 0.5) is 5.69 Å². The molecule has 0 fully saturated rings. The Kier molecular flexibility index (Phi) is 8.38. The van der Waals surface area contributed by atoms with Crippen LogP contribution in [0.1, 0.15) is 27.7 Å². The first-order chi connectivity index (χ1) is 12.5. The van der Waals surface area contributed by atoms with Gasteiger partial charge in [0.1, 0.15) is 6.54 Å². The molecule has 0 saturated carbocycles. The van der Waals surface area contributed by atoms with Crippen LogP contribution in [0, 0.1) is 5.92 Å². The molecule has 1 atom stereocenters. The lowest BCUT2D eigenvalue weighted by Gasteiger charge is -2.17. The number of esters is 1. The molecule has 150 valence electrons. The minimum absolute atomic E-state index is 0.0739. The molecule has 0 bridgehead atoms. The Balaban J connectivity index is 2.50. The van der Waals surface area contributed by atoms with Crippen LogP contribution in [0.2, 0.25) is 0 Å². The van der Waals surface area contributed by atoms with Crippen molar-refractivity contribution >= 4 is 33.5 Å². The zero-order valence-electron chi connectivity index (χ0n) is 15.7. The van der Waals surface area contributed by atoms with Crippen molar-refractivity contribution in [2.75, 3.05) is 18.5 Å². The van der Waals surface area contributed by atoms with Crippen LogP contribution >= 0.6 is 0 Å². The van der Waals surface area contributed by atoms with Crippen LogP contribution in [0.5, 0.6) is 0 Å². The van der Waals surface area contributed by atoms with Gasteiger partial charge in [-0.15, -0.1) is 0 Å². The molecule has 0 aromatic heterocycles. The van der Waals surface area contributed by atoms with Crippen molar-refractivity contribution in [1.82, 2.24) is 10.0 Å². The summed E-state index contributed by atoms with van der Waals surface area (Å²) in [5.41, 5.74) is 0.447. The molecule has 0 aliphatic heterocycles. The van der Waals surface area contributed by atoms with Gasteiger partial charge in [0.2, 0.25) is 15.9 Å². The molecule has 1 rings (SSSR count). The summed E-state index contributed by atoms with van der Waals surface area (Å²) in [5, 5.41) is 5.18. The van der Waals surface area contributed by atoms with E-state index in [9.17, 15) is 22.8 Å². The maximum Gasteiger partial charge on any atom is 0.321 e. The molecule has 2 amide bonds. The zero-order chi connectivity index (χ0) is 20.6. The molecule has 0 aliphatic rings. The molecule has 0 radical (unpaired) electrons. The van der Waals surface area contributed by atoms with Gasteiger partial charge in [-0.05, 0) is 37.1 Å². The Morgan fingerprint density at radius 2 is 1.67 bits per heavy atom. The van der Waals surface area contributed by atoms with Crippen LogP contribution in [0.3, 0.4) is 0 Å². The van der Waals surface area contributed by atoms with Gasteiger partial charge < -0.3 is 15.4 Å². The van der Waals surface area contributed by atoms with Crippen LogP contribution < -0.4 is 15.4 Å². The molecular formula is C17H25N3O6S. The third-order valence-corrected chi connectivity index (χ3v) is 5.06. The van der Waals surface area contributed by atoms with E-state index in [1.54, 1.807) is 0 Å². The second-order valence-corrected chi connectivity index (χ2v) is 8.06. The number of amides is 2. The van der Waals surface area contributed by atoms with Gasteiger partial charge in [-0.2, -0.15) is 4.72 Å². The number of rotatable bonds is 9. The number of carbonyl (C=O) groups excluding carboxylic acids is 3. The highest BCUT2D eigenvalue weighted by Gasteiger charge is 2.17. The van der Waals surface area contributed by atoms with Crippen LogP contribution in [0.25, 0.3) is 0 Å². The van der Waals surface area contributed by atoms with E-state index in [0.29, 0.717) is 5.69 Å². The third kappa shape index (κ3) is 8.18. The number of nitrogens with one attached hydrogen (secondary N) is 3.